The van der Waals surface area contributed by atoms with E-state index in [0.29, 0.717) is 42.2 Å². The number of carbonyl (C=O) groups is 2. The maximum absolute atomic E-state index is 12.8. The number of piperidine rings is 1. The van der Waals surface area contributed by atoms with Gasteiger partial charge in [0.15, 0.2) is 0 Å². The van der Waals surface area contributed by atoms with Crippen LogP contribution in [0.4, 0.5) is 13.2 Å². The van der Waals surface area contributed by atoms with Crippen LogP contribution in [0.15, 0.2) is 60.0 Å². The number of hydrogen-bond donors (Lipinski definition) is 2. The lowest BCUT2D eigenvalue weighted by Gasteiger charge is -2.32. The highest BCUT2D eigenvalue weighted by Crippen LogP contribution is 2.31. The molecular formula is C27H29F3N4O3S. The smallest absolute Gasteiger partial charge is 0.370 e. The standard InChI is InChI=1S/C27H29F3N4O3S/c28-27(29,30)21-10-8-19(9-11-21)23-17-38-24(33-23)13-32-26(36)20-7-4-12-34(14-20)25(35)16-37-15-22(31)18-5-2-1-3-6-18/h1-3,5-6,8-11,17,20,22H,4,7,12-16,31H2,(H,32,36)/t20-,22-/m0/s1. The Labute approximate surface area is 222 Å². The monoisotopic (exact) mass is 546 g/mol. The number of nitrogens with two attached hydrogens (primary N) is 1. The van der Waals surface area contributed by atoms with Crippen LogP contribution in [-0.2, 0) is 27.0 Å². The van der Waals surface area contributed by atoms with E-state index in [1.165, 1.54) is 23.5 Å². The van der Waals surface area contributed by atoms with Crippen molar-refractivity contribution in [2.45, 2.75) is 31.6 Å². The first-order chi connectivity index (χ1) is 18.2. The Hall–Kier alpha value is -3.28. The van der Waals surface area contributed by atoms with Gasteiger partial charge in [-0.2, -0.15) is 13.2 Å². The molecule has 0 saturated carbocycles. The number of alkyl halides is 3. The second kappa shape index (κ2) is 12.5. The van der Waals surface area contributed by atoms with Gasteiger partial charge in [-0.3, -0.25) is 9.59 Å². The number of hydrogen-bond acceptors (Lipinski definition) is 6. The molecule has 1 fully saturated rings. The Morgan fingerprint density at radius 3 is 2.61 bits per heavy atom. The second-order valence-corrected chi connectivity index (χ2v) is 10.1. The molecule has 3 aromatic rings. The quantitative estimate of drug-likeness (QED) is 0.415. The van der Waals surface area contributed by atoms with Crippen molar-refractivity contribution in [1.82, 2.24) is 15.2 Å². The van der Waals surface area contributed by atoms with Crippen LogP contribution in [0.2, 0.25) is 0 Å². The molecule has 2 atom stereocenters. The molecule has 2 aromatic carbocycles. The zero-order chi connectivity index (χ0) is 27.1. The fourth-order valence-electron chi connectivity index (χ4n) is 4.24. The molecule has 1 aliphatic heterocycles. The van der Waals surface area contributed by atoms with Crippen molar-refractivity contribution in [3.05, 3.63) is 76.1 Å². The van der Waals surface area contributed by atoms with E-state index in [4.69, 9.17) is 10.5 Å². The van der Waals surface area contributed by atoms with Crippen molar-refractivity contribution in [1.29, 1.82) is 0 Å². The van der Waals surface area contributed by atoms with Crippen LogP contribution in [0.1, 0.15) is 35.0 Å². The van der Waals surface area contributed by atoms with Crippen LogP contribution in [-0.4, -0.2) is 48.0 Å². The molecule has 202 valence electrons. The first kappa shape index (κ1) is 27.7. The molecular weight excluding hydrogens is 517 g/mol. The number of carbonyl (C=O) groups excluding carboxylic acids is 2. The van der Waals surface area contributed by atoms with Gasteiger partial charge in [-0.25, -0.2) is 4.98 Å². The van der Waals surface area contributed by atoms with Gasteiger partial charge in [0, 0.05) is 24.0 Å². The highest BCUT2D eigenvalue weighted by Gasteiger charge is 2.30. The summed E-state index contributed by atoms with van der Waals surface area (Å²) < 4.78 is 43.9. The van der Waals surface area contributed by atoms with E-state index in [0.717, 1.165) is 17.7 Å². The van der Waals surface area contributed by atoms with Gasteiger partial charge < -0.3 is 20.7 Å². The van der Waals surface area contributed by atoms with Crippen LogP contribution in [0, 0.1) is 5.92 Å². The molecule has 1 aliphatic rings. The van der Waals surface area contributed by atoms with Gasteiger partial charge in [0.25, 0.3) is 0 Å². The minimum Gasteiger partial charge on any atom is -0.370 e. The van der Waals surface area contributed by atoms with Crippen molar-refractivity contribution in [3.63, 3.8) is 0 Å². The SMILES string of the molecule is N[C@@H](COCC(=O)N1CCC[C@H](C(=O)NCc2nc(-c3ccc(C(F)(F)F)cc3)cs2)C1)c1ccccc1. The minimum absolute atomic E-state index is 0.0965. The van der Waals surface area contributed by atoms with Crippen molar-refractivity contribution >= 4 is 23.2 Å². The number of nitrogens with zero attached hydrogens (tertiary/aromatic N) is 2. The van der Waals surface area contributed by atoms with Crippen LogP contribution in [0.3, 0.4) is 0 Å². The molecule has 2 amide bonds. The maximum atomic E-state index is 12.8. The number of thiazole rings is 1. The van der Waals surface area contributed by atoms with Crippen LogP contribution in [0.5, 0.6) is 0 Å². The molecule has 0 aliphatic carbocycles. The number of rotatable bonds is 9. The first-order valence-corrected chi connectivity index (χ1v) is 13.1. The number of nitrogens with one attached hydrogen (secondary N) is 1. The molecule has 0 radical (unpaired) electrons. The van der Waals surface area contributed by atoms with E-state index in [-0.39, 0.29) is 43.5 Å². The van der Waals surface area contributed by atoms with Crippen LogP contribution >= 0.6 is 11.3 Å². The Morgan fingerprint density at radius 2 is 1.89 bits per heavy atom. The summed E-state index contributed by atoms with van der Waals surface area (Å²) in [6, 6.07) is 14.0. The van der Waals surface area contributed by atoms with Crippen LogP contribution in [0.25, 0.3) is 11.3 Å². The predicted octanol–water partition coefficient (Wildman–Crippen LogP) is 4.40. The fourth-order valence-corrected chi connectivity index (χ4v) is 4.98. The predicted molar refractivity (Wildman–Crippen MR) is 138 cm³/mol. The highest BCUT2D eigenvalue weighted by molar-refractivity contribution is 7.09. The Kier molecular flexibility index (Phi) is 9.13. The lowest BCUT2D eigenvalue weighted by atomic mass is 9.97. The van der Waals surface area contributed by atoms with Gasteiger partial charge in [-0.1, -0.05) is 42.5 Å². The molecule has 2 heterocycles. The van der Waals surface area contributed by atoms with E-state index in [1.54, 1.807) is 10.3 Å². The number of amides is 2. The lowest BCUT2D eigenvalue weighted by molar-refractivity contribution is -0.140. The number of benzene rings is 2. The van der Waals surface area contributed by atoms with E-state index in [2.05, 4.69) is 10.3 Å². The molecule has 0 bridgehead atoms. The zero-order valence-electron chi connectivity index (χ0n) is 20.6. The number of likely N-dealkylation sites (tertiary alicyclic amines) is 1. The second-order valence-electron chi connectivity index (χ2n) is 9.13. The number of halogens is 3. The molecule has 7 nitrogen and oxygen atoms in total. The molecule has 1 saturated heterocycles. The van der Waals surface area contributed by atoms with Gasteiger partial charge in [-0.15, -0.1) is 11.3 Å². The summed E-state index contributed by atoms with van der Waals surface area (Å²) in [6.07, 6.45) is -3.01. The lowest BCUT2D eigenvalue weighted by Crippen LogP contribution is -2.46. The van der Waals surface area contributed by atoms with E-state index >= 15 is 0 Å². The summed E-state index contributed by atoms with van der Waals surface area (Å²) in [6.45, 7) is 1.21. The summed E-state index contributed by atoms with van der Waals surface area (Å²) in [5.41, 5.74) is 7.45. The largest absolute Gasteiger partial charge is 0.416 e. The Morgan fingerprint density at radius 1 is 1.16 bits per heavy atom. The van der Waals surface area contributed by atoms with E-state index in [9.17, 15) is 22.8 Å². The van der Waals surface area contributed by atoms with Gasteiger partial charge in [0.2, 0.25) is 11.8 Å². The van der Waals surface area contributed by atoms with Gasteiger partial charge in [0.1, 0.15) is 11.6 Å². The third kappa shape index (κ3) is 7.40. The molecule has 0 unspecified atom stereocenters. The van der Waals surface area contributed by atoms with Gasteiger partial charge in [0.05, 0.1) is 36.4 Å². The average molecular weight is 547 g/mol. The van der Waals surface area contributed by atoms with Crippen molar-refractivity contribution in [2.75, 3.05) is 26.3 Å². The van der Waals surface area contributed by atoms with E-state index < -0.39 is 11.7 Å². The Balaban J connectivity index is 1.22. The molecule has 4 rings (SSSR count). The summed E-state index contributed by atoms with van der Waals surface area (Å²) in [5.74, 6) is -0.682. The molecule has 11 heteroatoms. The topological polar surface area (TPSA) is 97.5 Å². The fraction of sp³-hybridized carbons (Fsp3) is 0.370. The van der Waals surface area contributed by atoms with Gasteiger partial charge >= 0.3 is 6.18 Å². The molecule has 0 spiro atoms. The minimum atomic E-state index is -4.39. The molecule has 3 N–H and O–H groups in total. The van der Waals surface area contributed by atoms with Crippen molar-refractivity contribution in [3.8, 4) is 11.3 Å². The summed E-state index contributed by atoms with van der Waals surface area (Å²) in [4.78, 5) is 31.5. The number of ether oxygens (including phenoxy) is 1. The van der Waals surface area contributed by atoms with Crippen molar-refractivity contribution < 1.29 is 27.5 Å². The maximum Gasteiger partial charge on any atom is 0.416 e. The summed E-state index contributed by atoms with van der Waals surface area (Å²) in [7, 11) is 0. The third-order valence-electron chi connectivity index (χ3n) is 6.37. The molecule has 38 heavy (non-hydrogen) atoms. The van der Waals surface area contributed by atoms with E-state index in [1.807, 2.05) is 30.3 Å². The summed E-state index contributed by atoms with van der Waals surface area (Å²) in [5, 5.41) is 5.26. The van der Waals surface area contributed by atoms with Crippen LogP contribution < -0.4 is 11.1 Å². The summed E-state index contributed by atoms with van der Waals surface area (Å²) >= 11 is 1.32. The number of aromatic nitrogens is 1. The van der Waals surface area contributed by atoms with Crippen molar-refractivity contribution in [2.24, 2.45) is 11.7 Å². The average Bonchev–Trinajstić information content (AvgIpc) is 3.41. The first-order valence-electron chi connectivity index (χ1n) is 12.3. The highest BCUT2D eigenvalue weighted by atomic mass is 32.1. The van der Waals surface area contributed by atoms with Gasteiger partial charge in [-0.05, 0) is 30.5 Å². The Bertz CT molecular complexity index is 1220. The zero-order valence-corrected chi connectivity index (χ0v) is 21.4. The normalized spacial score (nSPS) is 16.7. The molecule has 1 aromatic heterocycles. The third-order valence-corrected chi connectivity index (χ3v) is 7.22.